The molecule has 24 heavy (non-hydrogen) atoms. The van der Waals surface area contributed by atoms with Crippen LogP contribution >= 0.6 is 0 Å². The summed E-state index contributed by atoms with van der Waals surface area (Å²) in [5, 5.41) is 18.6. The fourth-order valence-electron chi connectivity index (χ4n) is 2.52. The van der Waals surface area contributed by atoms with E-state index < -0.39 is 6.04 Å². The maximum atomic E-state index is 14.3. The number of imidazole rings is 1. The minimum atomic E-state index is -0.507. The number of aromatic nitrogens is 7. The normalized spacial score (nSPS) is 12.4. The van der Waals surface area contributed by atoms with E-state index in [4.69, 9.17) is 0 Å². The van der Waals surface area contributed by atoms with Crippen molar-refractivity contribution in [2.24, 2.45) is 7.05 Å². The quantitative estimate of drug-likeness (QED) is 0.613. The lowest BCUT2D eigenvalue weighted by Gasteiger charge is -2.20. The smallest absolute Gasteiger partial charge is 0.200 e. The molecule has 1 unspecified atom stereocenters. The Kier molecular flexibility index (Phi) is 3.38. The largest absolute Gasteiger partial charge is 0.355 e. The van der Waals surface area contributed by atoms with E-state index in [9.17, 15) is 4.39 Å². The Hall–Kier alpha value is -3.36. The van der Waals surface area contributed by atoms with Gasteiger partial charge in [-0.25, -0.2) is 9.37 Å². The van der Waals surface area contributed by atoms with Crippen molar-refractivity contribution < 1.29 is 4.39 Å². The van der Waals surface area contributed by atoms with Gasteiger partial charge in [0.2, 0.25) is 0 Å². The monoisotopic (exact) mass is 324 g/mol. The topological polar surface area (TPSA) is 85.8 Å². The lowest BCUT2D eigenvalue weighted by molar-refractivity contribution is 0.595. The van der Waals surface area contributed by atoms with Crippen LogP contribution in [0.5, 0.6) is 0 Å². The highest BCUT2D eigenvalue weighted by Gasteiger charge is 2.22. The van der Waals surface area contributed by atoms with Crippen LogP contribution in [0.25, 0.3) is 5.65 Å². The first-order chi connectivity index (χ1) is 11.7. The Labute approximate surface area is 136 Å². The molecule has 120 valence electrons. The van der Waals surface area contributed by atoms with Crippen LogP contribution in [-0.2, 0) is 7.05 Å². The van der Waals surface area contributed by atoms with Crippen LogP contribution in [0, 0.1) is 5.82 Å². The zero-order valence-corrected chi connectivity index (χ0v) is 12.7. The average Bonchev–Trinajstić information content (AvgIpc) is 3.21. The molecule has 0 saturated heterocycles. The molecule has 3 aromatic heterocycles. The Bertz CT molecular complexity index is 992. The fraction of sp³-hybridized carbons (Fsp3) is 0.133. The average molecular weight is 324 g/mol. The third-order valence-electron chi connectivity index (χ3n) is 3.69. The highest BCUT2D eigenvalue weighted by Crippen LogP contribution is 2.26. The van der Waals surface area contributed by atoms with Gasteiger partial charge in [-0.15, -0.1) is 14.8 Å². The second-order valence-corrected chi connectivity index (χ2v) is 5.24. The van der Waals surface area contributed by atoms with E-state index in [1.165, 1.54) is 10.7 Å². The third kappa shape index (κ3) is 2.45. The molecule has 0 spiro atoms. The maximum Gasteiger partial charge on any atom is 0.200 e. The maximum absolute atomic E-state index is 14.3. The predicted molar refractivity (Wildman–Crippen MR) is 83.7 cm³/mol. The molecular weight excluding hydrogens is 311 g/mol. The molecule has 0 saturated carbocycles. The Balaban J connectivity index is 1.78. The molecule has 0 aliphatic rings. The van der Waals surface area contributed by atoms with Crippen LogP contribution in [0.15, 0.2) is 48.8 Å². The van der Waals surface area contributed by atoms with Gasteiger partial charge in [-0.3, -0.25) is 0 Å². The van der Waals surface area contributed by atoms with Crippen LogP contribution < -0.4 is 5.32 Å². The van der Waals surface area contributed by atoms with Gasteiger partial charge < -0.3 is 9.88 Å². The highest BCUT2D eigenvalue weighted by molar-refractivity contribution is 5.45. The van der Waals surface area contributed by atoms with Gasteiger partial charge in [0.25, 0.3) is 0 Å². The van der Waals surface area contributed by atoms with E-state index >= 15 is 0 Å². The van der Waals surface area contributed by atoms with E-state index in [-0.39, 0.29) is 5.82 Å². The summed E-state index contributed by atoms with van der Waals surface area (Å²) in [5.41, 5.74) is 1.00. The first-order valence-electron chi connectivity index (χ1n) is 7.26. The van der Waals surface area contributed by atoms with Gasteiger partial charge in [-0.05, 0) is 28.6 Å². The number of benzene rings is 1. The van der Waals surface area contributed by atoms with Gasteiger partial charge in [0.1, 0.15) is 23.5 Å². The number of tetrazole rings is 1. The second-order valence-electron chi connectivity index (χ2n) is 5.24. The number of anilines is 1. The number of halogens is 1. The Morgan fingerprint density at radius 2 is 2.04 bits per heavy atom. The predicted octanol–water partition coefficient (Wildman–Crippen LogP) is 1.59. The number of nitrogens with one attached hydrogen (secondary N) is 1. The van der Waals surface area contributed by atoms with Crippen LogP contribution in [0.3, 0.4) is 0 Å². The summed E-state index contributed by atoms with van der Waals surface area (Å²) in [4.78, 5) is 4.34. The van der Waals surface area contributed by atoms with Crippen molar-refractivity contribution in [3.63, 3.8) is 0 Å². The fourth-order valence-corrected chi connectivity index (χ4v) is 2.52. The lowest BCUT2D eigenvalue weighted by atomic mass is 10.1. The third-order valence-corrected chi connectivity index (χ3v) is 3.69. The Morgan fingerprint density at radius 1 is 1.17 bits per heavy atom. The second kappa shape index (κ2) is 5.69. The molecule has 1 atom stereocenters. The summed E-state index contributed by atoms with van der Waals surface area (Å²) < 4.78 is 17.5. The molecule has 4 rings (SSSR count). The van der Waals surface area contributed by atoms with Crippen molar-refractivity contribution in [2.45, 2.75) is 6.04 Å². The van der Waals surface area contributed by atoms with Gasteiger partial charge in [0, 0.05) is 25.0 Å². The SMILES string of the molecule is Cn1ccnc1C(Nc1ccc2nnnn2n1)c1ccccc1F. The molecule has 1 aromatic carbocycles. The van der Waals surface area contributed by atoms with Crippen molar-refractivity contribution in [2.75, 3.05) is 5.32 Å². The zero-order chi connectivity index (χ0) is 16.5. The van der Waals surface area contributed by atoms with Crippen LogP contribution in [0.2, 0.25) is 0 Å². The van der Waals surface area contributed by atoms with E-state index in [0.29, 0.717) is 22.9 Å². The van der Waals surface area contributed by atoms with Gasteiger partial charge in [-0.2, -0.15) is 0 Å². The number of rotatable bonds is 4. The first kappa shape index (κ1) is 14.2. The number of hydrogen-bond acceptors (Lipinski definition) is 6. The summed E-state index contributed by atoms with van der Waals surface area (Å²) in [6.45, 7) is 0. The minimum Gasteiger partial charge on any atom is -0.355 e. The molecule has 0 aliphatic heterocycles. The van der Waals surface area contributed by atoms with Crippen molar-refractivity contribution in [1.82, 2.24) is 34.8 Å². The zero-order valence-electron chi connectivity index (χ0n) is 12.7. The summed E-state index contributed by atoms with van der Waals surface area (Å²) in [6.07, 6.45) is 3.48. The molecule has 4 aromatic rings. The van der Waals surface area contributed by atoms with Crippen molar-refractivity contribution in [3.05, 3.63) is 66.0 Å². The van der Waals surface area contributed by atoms with Gasteiger partial charge in [0.05, 0.1) is 0 Å². The molecule has 0 aliphatic carbocycles. The van der Waals surface area contributed by atoms with E-state index in [1.807, 2.05) is 17.8 Å². The summed E-state index contributed by atoms with van der Waals surface area (Å²) in [5.74, 6) is 0.853. The molecule has 1 N–H and O–H groups in total. The summed E-state index contributed by atoms with van der Waals surface area (Å²) in [6, 6.07) is 9.54. The number of fused-ring (bicyclic) bond motifs is 1. The number of hydrogen-bond donors (Lipinski definition) is 1. The Morgan fingerprint density at radius 3 is 2.83 bits per heavy atom. The molecular formula is C15H13FN8. The molecule has 3 heterocycles. The summed E-state index contributed by atoms with van der Waals surface area (Å²) >= 11 is 0. The minimum absolute atomic E-state index is 0.318. The standard InChI is InChI=1S/C15H13FN8/c1-23-9-8-17-15(23)14(10-4-2-3-5-11(10)16)18-12-6-7-13-19-21-22-24(13)20-12/h2-9,14H,1H3,(H,18,20). The van der Waals surface area contributed by atoms with Crippen molar-refractivity contribution in [1.29, 1.82) is 0 Å². The van der Waals surface area contributed by atoms with E-state index in [2.05, 4.69) is 30.9 Å². The molecule has 0 bridgehead atoms. The van der Waals surface area contributed by atoms with Gasteiger partial charge in [-0.1, -0.05) is 18.2 Å². The van der Waals surface area contributed by atoms with Gasteiger partial charge in [0.15, 0.2) is 5.65 Å². The van der Waals surface area contributed by atoms with Crippen molar-refractivity contribution in [3.8, 4) is 0 Å². The van der Waals surface area contributed by atoms with Crippen LogP contribution in [0.1, 0.15) is 17.4 Å². The number of nitrogens with zero attached hydrogens (tertiary/aromatic N) is 7. The molecule has 9 heteroatoms. The first-order valence-corrected chi connectivity index (χ1v) is 7.26. The van der Waals surface area contributed by atoms with Crippen LogP contribution in [0.4, 0.5) is 10.2 Å². The molecule has 8 nitrogen and oxygen atoms in total. The number of aryl methyl sites for hydroxylation is 1. The van der Waals surface area contributed by atoms with E-state index in [1.54, 1.807) is 36.5 Å². The molecule has 0 amide bonds. The molecule has 0 fully saturated rings. The van der Waals surface area contributed by atoms with Crippen LogP contribution in [-0.4, -0.2) is 34.8 Å². The summed E-state index contributed by atoms with van der Waals surface area (Å²) in [7, 11) is 1.86. The van der Waals surface area contributed by atoms with Gasteiger partial charge >= 0.3 is 0 Å². The lowest BCUT2D eigenvalue weighted by Crippen LogP contribution is -2.19. The molecule has 0 radical (unpaired) electrons. The van der Waals surface area contributed by atoms with Crippen molar-refractivity contribution >= 4 is 11.5 Å². The van der Waals surface area contributed by atoms with E-state index in [0.717, 1.165) is 0 Å². The highest BCUT2D eigenvalue weighted by atomic mass is 19.1.